The number of ketones is 2. The summed E-state index contributed by atoms with van der Waals surface area (Å²) >= 11 is 0. The first-order valence-corrected chi connectivity index (χ1v) is 5.79. The normalized spacial score (nSPS) is 13.5. The smallest absolute Gasteiger partial charge is 0.252 e. The second-order valence-electron chi connectivity index (χ2n) is 4.30. The van der Waals surface area contributed by atoms with Crippen molar-refractivity contribution in [2.45, 2.75) is 0 Å². The molecule has 4 rings (SSSR count). The van der Waals surface area contributed by atoms with Crippen LogP contribution in [0.3, 0.4) is 0 Å². The average Bonchev–Trinajstić information content (AvgIpc) is 2.84. The van der Waals surface area contributed by atoms with Crippen LogP contribution in [-0.2, 0) is 0 Å². The van der Waals surface area contributed by atoms with E-state index < -0.39 is 11.6 Å². The Morgan fingerprint density at radius 2 is 1.74 bits per heavy atom. The molecule has 0 saturated carbocycles. The van der Waals surface area contributed by atoms with E-state index in [9.17, 15) is 9.59 Å². The third-order valence-electron chi connectivity index (χ3n) is 3.25. The van der Waals surface area contributed by atoms with E-state index in [1.807, 2.05) is 6.07 Å². The van der Waals surface area contributed by atoms with Gasteiger partial charge in [0.05, 0.1) is 0 Å². The molecule has 2 heterocycles. The van der Waals surface area contributed by atoms with Crippen LogP contribution in [-0.4, -0.2) is 25.9 Å². The fraction of sp³-hybridized carbons (Fsp3) is 0. The van der Waals surface area contributed by atoms with Crippen LogP contribution < -0.4 is 0 Å². The molecule has 0 amide bonds. The highest BCUT2D eigenvalue weighted by Crippen LogP contribution is 2.32. The second kappa shape index (κ2) is 3.35. The van der Waals surface area contributed by atoms with Crippen molar-refractivity contribution in [1.29, 1.82) is 0 Å². The molecule has 0 aliphatic heterocycles. The fourth-order valence-electron chi connectivity index (χ4n) is 2.41. The van der Waals surface area contributed by atoms with Gasteiger partial charge in [0, 0.05) is 23.5 Å². The Labute approximate surface area is 107 Å². The van der Waals surface area contributed by atoms with Crippen molar-refractivity contribution >= 4 is 17.3 Å². The van der Waals surface area contributed by atoms with Crippen LogP contribution in [0.4, 0.5) is 0 Å². The van der Waals surface area contributed by atoms with Crippen molar-refractivity contribution in [2.24, 2.45) is 0 Å². The van der Waals surface area contributed by atoms with Crippen LogP contribution in [0, 0.1) is 0 Å². The van der Waals surface area contributed by atoms with E-state index in [1.165, 1.54) is 0 Å². The Kier molecular flexibility index (Phi) is 1.79. The molecule has 0 unspecified atom stereocenters. The van der Waals surface area contributed by atoms with Gasteiger partial charge in [0.25, 0.3) is 5.78 Å². The van der Waals surface area contributed by atoms with Crippen molar-refractivity contribution in [3.8, 4) is 11.3 Å². The maximum atomic E-state index is 12.2. The van der Waals surface area contributed by atoms with Gasteiger partial charge in [-0.25, -0.2) is 9.97 Å². The van der Waals surface area contributed by atoms with Gasteiger partial charge in [-0.05, 0) is 6.07 Å². The lowest BCUT2D eigenvalue weighted by atomic mass is 9.90. The predicted molar refractivity (Wildman–Crippen MR) is 67.1 cm³/mol. The number of benzene rings is 1. The van der Waals surface area contributed by atoms with Gasteiger partial charge in [0.2, 0.25) is 11.6 Å². The van der Waals surface area contributed by atoms with Crippen LogP contribution in [0.25, 0.3) is 17.0 Å². The summed E-state index contributed by atoms with van der Waals surface area (Å²) in [6.07, 6.45) is 3.29. The van der Waals surface area contributed by atoms with E-state index in [2.05, 4.69) is 9.97 Å². The molecule has 3 aromatic rings. The van der Waals surface area contributed by atoms with Crippen molar-refractivity contribution in [3.05, 3.63) is 54.0 Å². The van der Waals surface area contributed by atoms with E-state index >= 15 is 0 Å². The molecule has 0 radical (unpaired) electrons. The van der Waals surface area contributed by atoms with Crippen molar-refractivity contribution in [2.75, 3.05) is 0 Å². The number of carbonyl (C=O) groups excluding carboxylic acids is 2. The van der Waals surface area contributed by atoms with Gasteiger partial charge in [-0.1, -0.05) is 24.3 Å². The summed E-state index contributed by atoms with van der Waals surface area (Å²) in [5, 5.41) is 0. The monoisotopic (exact) mass is 249 g/mol. The zero-order chi connectivity index (χ0) is 13.0. The van der Waals surface area contributed by atoms with Gasteiger partial charge in [0.15, 0.2) is 0 Å². The maximum absolute atomic E-state index is 12.2. The van der Waals surface area contributed by atoms with Gasteiger partial charge in [-0.2, -0.15) is 0 Å². The molecule has 1 aliphatic carbocycles. The Morgan fingerprint density at radius 3 is 2.58 bits per heavy atom. The third-order valence-corrected chi connectivity index (χ3v) is 3.25. The highest BCUT2D eigenvalue weighted by Gasteiger charge is 2.34. The lowest BCUT2D eigenvalue weighted by Crippen LogP contribution is -2.22. The Hall–Kier alpha value is -2.82. The first-order chi connectivity index (χ1) is 9.27. The third kappa shape index (κ3) is 1.18. The van der Waals surface area contributed by atoms with E-state index in [0.717, 1.165) is 0 Å². The van der Waals surface area contributed by atoms with Gasteiger partial charge in [-0.15, -0.1) is 0 Å². The first kappa shape index (κ1) is 10.1. The van der Waals surface area contributed by atoms with Crippen LogP contribution in [0.2, 0.25) is 0 Å². The quantitative estimate of drug-likeness (QED) is 0.569. The lowest BCUT2D eigenvalue weighted by Gasteiger charge is -2.12. The van der Waals surface area contributed by atoms with Crippen LogP contribution in [0.1, 0.15) is 20.8 Å². The minimum atomic E-state index is -0.533. The Morgan fingerprint density at radius 1 is 0.947 bits per heavy atom. The number of imidazole rings is 1. The number of hydrogen-bond donors (Lipinski definition) is 0. The molecule has 5 nitrogen and oxygen atoms in total. The van der Waals surface area contributed by atoms with Gasteiger partial charge < -0.3 is 0 Å². The van der Waals surface area contributed by atoms with E-state index in [-0.39, 0.29) is 0 Å². The maximum Gasteiger partial charge on any atom is 0.252 e. The summed E-state index contributed by atoms with van der Waals surface area (Å²) in [7, 11) is 0. The fourth-order valence-corrected chi connectivity index (χ4v) is 2.41. The molecule has 0 bridgehead atoms. The molecular weight excluding hydrogens is 242 g/mol. The van der Waals surface area contributed by atoms with Crippen molar-refractivity contribution in [1.82, 2.24) is 14.4 Å². The van der Waals surface area contributed by atoms with Crippen LogP contribution in [0.5, 0.6) is 0 Å². The van der Waals surface area contributed by atoms with Crippen molar-refractivity contribution in [3.63, 3.8) is 0 Å². The zero-order valence-electron chi connectivity index (χ0n) is 9.70. The minimum absolute atomic E-state index is 0.298. The molecule has 5 heteroatoms. The highest BCUT2D eigenvalue weighted by molar-refractivity contribution is 6.52. The zero-order valence-corrected chi connectivity index (χ0v) is 9.70. The summed E-state index contributed by atoms with van der Waals surface area (Å²) < 4.78 is 1.56. The molecule has 2 aromatic heterocycles. The SMILES string of the molecule is O=C1C(=O)c2c(nc3ncccn23)-c2ccccc21. The molecule has 0 saturated heterocycles. The van der Waals surface area contributed by atoms with Gasteiger partial charge in [-0.3, -0.25) is 14.0 Å². The minimum Gasteiger partial charge on any atom is -0.285 e. The number of Topliss-reactive ketones (excluding diaryl/α,β-unsaturated/α-hetero) is 2. The van der Waals surface area contributed by atoms with E-state index in [4.69, 9.17) is 0 Å². The van der Waals surface area contributed by atoms with E-state index in [1.54, 1.807) is 41.1 Å². The van der Waals surface area contributed by atoms with Crippen LogP contribution in [0.15, 0.2) is 42.7 Å². The lowest BCUT2D eigenvalue weighted by molar-refractivity contribution is 0.0812. The Bertz CT molecular complexity index is 864. The number of aromatic nitrogens is 3. The molecule has 19 heavy (non-hydrogen) atoms. The predicted octanol–water partition coefficient (Wildman–Crippen LogP) is 1.78. The molecule has 1 aliphatic rings. The summed E-state index contributed by atoms with van der Waals surface area (Å²) in [5.74, 6) is -0.603. The number of nitrogens with zero attached hydrogens (tertiary/aromatic N) is 3. The second-order valence-corrected chi connectivity index (χ2v) is 4.30. The molecule has 90 valence electrons. The van der Waals surface area contributed by atoms with Crippen molar-refractivity contribution < 1.29 is 9.59 Å². The molecule has 0 atom stereocenters. The largest absolute Gasteiger partial charge is 0.285 e. The number of rotatable bonds is 0. The molecule has 0 fully saturated rings. The van der Waals surface area contributed by atoms with Gasteiger partial charge in [0.1, 0.15) is 11.4 Å². The molecule has 0 spiro atoms. The number of carbonyl (C=O) groups is 2. The molecule has 1 aromatic carbocycles. The summed E-state index contributed by atoms with van der Waals surface area (Å²) in [6.45, 7) is 0. The highest BCUT2D eigenvalue weighted by atomic mass is 16.2. The topological polar surface area (TPSA) is 64.3 Å². The average molecular weight is 249 g/mol. The van der Waals surface area contributed by atoms with Crippen LogP contribution >= 0.6 is 0 Å². The molecular formula is C14H7N3O2. The molecule has 0 N–H and O–H groups in total. The number of fused-ring (bicyclic) bond motifs is 5. The Balaban J connectivity index is 2.20. The number of hydrogen-bond acceptors (Lipinski definition) is 4. The van der Waals surface area contributed by atoms with Gasteiger partial charge >= 0.3 is 0 Å². The van der Waals surface area contributed by atoms with E-state index in [0.29, 0.717) is 28.3 Å². The standard InChI is InChI=1S/C14H7N3O2/c18-12-9-5-2-1-4-8(9)10-11(13(12)19)17-7-3-6-15-14(17)16-10/h1-7H. The first-order valence-electron chi connectivity index (χ1n) is 5.79. The summed E-state index contributed by atoms with van der Waals surface area (Å²) in [5.41, 5.74) is 1.92. The summed E-state index contributed by atoms with van der Waals surface area (Å²) in [6, 6.07) is 8.71. The summed E-state index contributed by atoms with van der Waals surface area (Å²) in [4.78, 5) is 32.8.